The second kappa shape index (κ2) is 7.03. The van der Waals surface area contributed by atoms with Gasteiger partial charge in [0.2, 0.25) is 0 Å². The predicted octanol–water partition coefficient (Wildman–Crippen LogP) is 7.21. The molecule has 0 bridgehead atoms. The Morgan fingerprint density at radius 2 is 1.78 bits per heavy atom. The monoisotopic (exact) mass is 370 g/mol. The molecule has 1 heteroatoms. The summed E-state index contributed by atoms with van der Waals surface area (Å²) in [6.45, 7) is 14.3. The zero-order valence-corrected chi connectivity index (χ0v) is 18.4. The van der Waals surface area contributed by atoms with E-state index >= 15 is 0 Å². The van der Waals surface area contributed by atoms with Gasteiger partial charge < -0.3 is 0 Å². The highest BCUT2D eigenvalue weighted by atomic mass is 16.1. The summed E-state index contributed by atoms with van der Waals surface area (Å²) in [5.74, 6) is 4.15. The van der Waals surface area contributed by atoms with Gasteiger partial charge in [0.05, 0.1) is 0 Å². The first-order chi connectivity index (χ1) is 12.8. The summed E-state index contributed by atoms with van der Waals surface area (Å²) >= 11 is 0. The van der Waals surface area contributed by atoms with E-state index in [9.17, 15) is 4.79 Å². The topological polar surface area (TPSA) is 17.1 Å². The third-order valence-corrected chi connectivity index (χ3v) is 10.2. The molecule has 0 aliphatic heterocycles. The summed E-state index contributed by atoms with van der Waals surface area (Å²) in [5, 5.41) is 0. The van der Waals surface area contributed by atoms with Gasteiger partial charge in [0.1, 0.15) is 0 Å². The number of allylic oxidation sites excluding steroid dienone is 1. The molecule has 2 unspecified atom stereocenters. The summed E-state index contributed by atoms with van der Waals surface area (Å²) in [4.78, 5) is 13.6. The number of fused-ring (bicyclic) bond motifs is 5. The third-order valence-electron chi connectivity index (χ3n) is 10.2. The molecule has 27 heavy (non-hydrogen) atoms. The smallest absolute Gasteiger partial charge is 0.162 e. The summed E-state index contributed by atoms with van der Waals surface area (Å²) in [5.41, 5.74) is 1.76. The van der Waals surface area contributed by atoms with Gasteiger partial charge in [-0.3, -0.25) is 4.79 Å². The lowest BCUT2D eigenvalue weighted by Gasteiger charge is -2.60. The van der Waals surface area contributed by atoms with Gasteiger partial charge in [-0.15, -0.1) is 0 Å². The number of Topliss-reactive ketones (excluding diaryl/α,β-unsaturated/α-hetero) is 1. The Morgan fingerprint density at radius 1 is 1.04 bits per heavy atom. The van der Waals surface area contributed by atoms with Crippen LogP contribution in [0.3, 0.4) is 0 Å². The van der Waals surface area contributed by atoms with Crippen LogP contribution in [0.1, 0.15) is 98.3 Å². The van der Waals surface area contributed by atoms with Crippen LogP contribution in [0.25, 0.3) is 0 Å². The van der Waals surface area contributed by atoms with Gasteiger partial charge in [-0.1, -0.05) is 66.4 Å². The van der Waals surface area contributed by atoms with Crippen molar-refractivity contribution in [1.82, 2.24) is 0 Å². The van der Waals surface area contributed by atoms with Crippen molar-refractivity contribution < 1.29 is 4.79 Å². The highest BCUT2D eigenvalue weighted by Gasteiger charge is 2.63. The molecule has 0 aromatic heterocycles. The molecular formula is C26H42O. The maximum Gasteiger partial charge on any atom is 0.162 e. The number of hydrogen-bond acceptors (Lipinski definition) is 1. The van der Waals surface area contributed by atoms with E-state index in [-0.39, 0.29) is 0 Å². The Labute approximate surface area is 167 Å². The molecule has 4 saturated carbocycles. The lowest BCUT2D eigenvalue weighted by molar-refractivity contribution is -0.146. The number of hydrogen-bond donors (Lipinski definition) is 0. The van der Waals surface area contributed by atoms with Gasteiger partial charge in [0, 0.05) is 5.92 Å². The average molecular weight is 371 g/mol. The Kier molecular flexibility index (Phi) is 5.13. The van der Waals surface area contributed by atoms with Crippen LogP contribution in [-0.4, -0.2) is 5.78 Å². The van der Waals surface area contributed by atoms with Crippen molar-refractivity contribution in [3.63, 3.8) is 0 Å². The van der Waals surface area contributed by atoms with Crippen LogP contribution in [0.2, 0.25) is 0 Å². The molecule has 152 valence electrons. The normalized spacial score (nSPS) is 47.9. The van der Waals surface area contributed by atoms with Gasteiger partial charge in [0.15, 0.2) is 5.78 Å². The molecule has 0 aromatic carbocycles. The van der Waals surface area contributed by atoms with Crippen LogP contribution in [0.15, 0.2) is 12.2 Å². The summed E-state index contributed by atoms with van der Waals surface area (Å²) in [6, 6.07) is 0. The first-order valence-electron chi connectivity index (χ1n) is 12.1. The lowest BCUT2D eigenvalue weighted by Crippen LogP contribution is -2.57. The van der Waals surface area contributed by atoms with E-state index in [1.54, 1.807) is 0 Å². The van der Waals surface area contributed by atoms with Gasteiger partial charge in [-0.05, 0) is 84.5 Å². The molecule has 0 aromatic rings. The minimum absolute atomic E-state index is 0.291. The molecule has 0 saturated heterocycles. The fourth-order valence-corrected chi connectivity index (χ4v) is 8.71. The molecule has 0 N–H and O–H groups in total. The lowest BCUT2D eigenvalue weighted by atomic mass is 9.43. The summed E-state index contributed by atoms with van der Waals surface area (Å²) in [7, 11) is 0. The molecule has 4 aliphatic carbocycles. The van der Waals surface area contributed by atoms with Gasteiger partial charge in [-0.2, -0.15) is 0 Å². The first kappa shape index (κ1) is 19.7. The van der Waals surface area contributed by atoms with E-state index in [0.29, 0.717) is 40.3 Å². The van der Waals surface area contributed by atoms with Crippen molar-refractivity contribution in [3.8, 4) is 0 Å². The Morgan fingerprint density at radius 3 is 2.52 bits per heavy atom. The molecule has 4 aliphatic rings. The van der Waals surface area contributed by atoms with Gasteiger partial charge >= 0.3 is 0 Å². The van der Waals surface area contributed by atoms with Gasteiger partial charge in [-0.25, -0.2) is 0 Å². The SMILES string of the molecule is C=C1C(=O)[C@@H]2[C@H](CC[C@]3(C)C(C(C)CCCC)CC[C@@H]23)[C@@]2(C)CCCC[C@@H]12. The number of carbonyl (C=O) groups is 1. The van der Waals surface area contributed by atoms with E-state index < -0.39 is 0 Å². The standard InChI is InChI=1S/C26H42O/c1-6-7-10-17(2)19-12-13-21-23-22(14-16-26(19,21)5)25(4)15-9-8-11-20(25)18(3)24(23)27/h17,19-23H,3,6-16H2,1-2,4-5H3/t17?,19?,20-,21-,22-,23-,25-,26+/m0/s1. The molecule has 0 spiro atoms. The fourth-order valence-electron chi connectivity index (χ4n) is 8.71. The Bertz CT molecular complexity index is 605. The number of unbranched alkanes of at least 4 members (excludes halogenated alkanes) is 1. The van der Waals surface area contributed by atoms with Crippen LogP contribution in [0.5, 0.6) is 0 Å². The van der Waals surface area contributed by atoms with E-state index in [1.165, 1.54) is 70.6 Å². The maximum atomic E-state index is 13.6. The van der Waals surface area contributed by atoms with Crippen molar-refractivity contribution >= 4 is 5.78 Å². The molecule has 0 heterocycles. The molecule has 0 amide bonds. The van der Waals surface area contributed by atoms with E-state index in [4.69, 9.17) is 0 Å². The quantitative estimate of drug-likeness (QED) is 0.478. The molecule has 4 rings (SSSR count). The zero-order valence-electron chi connectivity index (χ0n) is 18.4. The van der Waals surface area contributed by atoms with Crippen LogP contribution in [0.4, 0.5) is 0 Å². The van der Waals surface area contributed by atoms with Crippen LogP contribution >= 0.6 is 0 Å². The first-order valence-corrected chi connectivity index (χ1v) is 12.1. The zero-order chi connectivity index (χ0) is 19.4. The highest BCUT2D eigenvalue weighted by molar-refractivity contribution is 5.99. The minimum atomic E-state index is 0.291. The van der Waals surface area contributed by atoms with Crippen molar-refractivity contribution in [2.24, 2.45) is 46.3 Å². The third kappa shape index (κ3) is 2.81. The van der Waals surface area contributed by atoms with Crippen molar-refractivity contribution in [3.05, 3.63) is 12.2 Å². The Hall–Kier alpha value is -0.590. The molecular weight excluding hydrogens is 328 g/mol. The van der Waals surface area contributed by atoms with Crippen LogP contribution in [0, 0.1) is 46.3 Å². The molecule has 1 nitrogen and oxygen atoms in total. The maximum absolute atomic E-state index is 13.6. The second-order valence-electron chi connectivity index (χ2n) is 11.3. The second-order valence-corrected chi connectivity index (χ2v) is 11.3. The van der Waals surface area contributed by atoms with Crippen molar-refractivity contribution in [1.29, 1.82) is 0 Å². The van der Waals surface area contributed by atoms with Gasteiger partial charge in [0.25, 0.3) is 0 Å². The number of carbonyl (C=O) groups excluding carboxylic acids is 1. The molecule has 0 radical (unpaired) electrons. The summed E-state index contributed by atoms with van der Waals surface area (Å²) < 4.78 is 0. The van der Waals surface area contributed by atoms with E-state index in [2.05, 4.69) is 34.3 Å². The van der Waals surface area contributed by atoms with Crippen molar-refractivity contribution in [2.75, 3.05) is 0 Å². The average Bonchev–Trinajstić information content (AvgIpc) is 3.01. The fraction of sp³-hybridized carbons (Fsp3) is 0.885. The largest absolute Gasteiger partial charge is 0.294 e. The minimum Gasteiger partial charge on any atom is -0.294 e. The van der Waals surface area contributed by atoms with E-state index in [1.807, 2.05) is 0 Å². The van der Waals surface area contributed by atoms with Crippen LogP contribution < -0.4 is 0 Å². The van der Waals surface area contributed by atoms with Crippen LogP contribution in [-0.2, 0) is 4.79 Å². The predicted molar refractivity (Wildman–Crippen MR) is 113 cm³/mol. The molecule has 4 fully saturated rings. The highest BCUT2D eigenvalue weighted by Crippen LogP contribution is 2.68. The van der Waals surface area contributed by atoms with Crippen molar-refractivity contribution in [2.45, 2.75) is 98.3 Å². The number of rotatable bonds is 4. The number of ketones is 1. The van der Waals surface area contributed by atoms with E-state index in [0.717, 1.165) is 17.4 Å². The molecule has 8 atom stereocenters. The Balaban J connectivity index is 1.63. The summed E-state index contributed by atoms with van der Waals surface area (Å²) in [6.07, 6.45) is 14.5.